The molecule has 1 aromatic rings. The van der Waals surface area contributed by atoms with Crippen LogP contribution in [0.15, 0.2) is 23.3 Å². The standard InChI is InChI=1S/C17H30N6O.HI/c1-4-24-12-7-20-17(18-2)21-14-15-5-6-19-16(13-15)23-10-8-22(3)9-11-23;/h5-6,13H,4,7-12,14H2,1-3H3,(H2,18,20,21);1H. The van der Waals surface area contributed by atoms with Crippen LogP contribution in [0.25, 0.3) is 0 Å². The molecule has 0 radical (unpaired) electrons. The summed E-state index contributed by atoms with van der Waals surface area (Å²) in [6.07, 6.45) is 1.88. The first-order valence-corrected chi connectivity index (χ1v) is 8.63. The van der Waals surface area contributed by atoms with Crippen molar-refractivity contribution in [3.05, 3.63) is 23.9 Å². The molecule has 1 aromatic heterocycles. The highest BCUT2D eigenvalue weighted by atomic mass is 127. The van der Waals surface area contributed by atoms with E-state index in [1.807, 2.05) is 19.2 Å². The number of hydrogen-bond donors (Lipinski definition) is 2. The lowest BCUT2D eigenvalue weighted by Crippen LogP contribution is -2.44. The molecule has 2 heterocycles. The van der Waals surface area contributed by atoms with Crippen LogP contribution in [0.4, 0.5) is 5.82 Å². The van der Waals surface area contributed by atoms with Crippen LogP contribution < -0.4 is 15.5 Å². The fourth-order valence-corrected chi connectivity index (χ4v) is 2.57. The molecule has 1 saturated heterocycles. The quantitative estimate of drug-likeness (QED) is 0.275. The van der Waals surface area contributed by atoms with Crippen molar-refractivity contribution < 1.29 is 4.74 Å². The molecule has 0 unspecified atom stereocenters. The molecule has 1 aliphatic rings. The van der Waals surface area contributed by atoms with E-state index in [1.165, 1.54) is 5.56 Å². The summed E-state index contributed by atoms with van der Waals surface area (Å²) in [7, 11) is 3.94. The van der Waals surface area contributed by atoms with E-state index in [0.29, 0.717) is 6.61 Å². The van der Waals surface area contributed by atoms with Gasteiger partial charge in [-0.1, -0.05) is 0 Å². The van der Waals surface area contributed by atoms with Gasteiger partial charge in [0.15, 0.2) is 5.96 Å². The minimum Gasteiger partial charge on any atom is -0.380 e. The van der Waals surface area contributed by atoms with E-state index in [1.54, 1.807) is 7.05 Å². The normalized spacial score (nSPS) is 15.6. The molecule has 0 saturated carbocycles. The van der Waals surface area contributed by atoms with Gasteiger partial charge >= 0.3 is 0 Å². The SMILES string of the molecule is CCOCCNC(=NC)NCc1ccnc(N2CCN(C)CC2)c1.I. The smallest absolute Gasteiger partial charge is 0.191 e. The van der Waals surface area contributed by atoms with Crippen molar-refractivity contribution in [1.29, 1.82) is 0 Å². The van der Waals surface area contributed by atoms with Gasteiger partial charge < -0.3 is 25.2 Å². The minimum absolute atomic E-state index is 0. The van der Waals surface area contributed by atoms with Crippen molar-refractivity contribution in [2.75, 3.05) is 64.9 Å². The summed E-state index contributed by atoms with van der Waals surface area (Å²) in [5.41, 5.74) is 1.20. The number of guanidine groups is 1. The number of ether oxygens (including phenoxy) is 1. The molecule has 142 valence electrons. The third kappa shape index (κ3) is 7.74. The second-order valence-electron chi connectivity index (χ2n) is 5.86. The average molecular weight is 462 g/mol. The summed E-state index contributed by atoms with van der Waals surface area (Å²) >= 11 is 0. The number of nitrogens with zero attached hydrogens (tertiary/aromatic N) is 4. The van der Waals surface area contributed by atoms with Crippen molar-refractivity contribution in [3.8, 4) is 0 Å². The number of halogens is 1. The summed E-state index contributed by atoms with van der Waals surface area (Å²) < 4.78 is 5.32. The van der Waals surface area contributed by atoms with Gasteiger partial charge in [-0.15, -0.1) is 24.0 Å². The Kier molecular flexibility index (Phi) is 10.7. The van der Waals surface area contributed by atoms with E-state index >= 15 is 0 Å². The molecule has 0 amide bonds. The van der Waals surface area contributed by atoms with E-state index < -0.39 is 0 Å². The predicted molar refractivity (Wildman–Crippen MR) is 114 cm³/mol. The maximum Gasteiger partial charge on any atom is 0.191 e. The number of anilines is 1. The van der Waals surface area contributed by atoms with Crippen molar-refractivity contribution in [1.82, 2.24) is 20.5 Å². The number of hydrogen-bond acceptors (Lipinski definition) is 5. The molecule has 0 spiro atoms. The Bertz CT molecular complexity index is 520. The fraction of sp³-hybridized carbons (Fsp3) is 0.647. The molecule has 0 aliphatic carbocycles. The Labute approximate surface area is 168 Å². The van der Waals surface area contributed by atoms with Crippen molar-refractivity contribution in [2.24, 2.45) is 4.99 Å². The van der Waals surface area contributed by atoms with Crippen LogP contribution in [0.1, 0.15) is 12.5 Å². The second kappa shape index (κ2) is 12.3. The molecule has 0 aromatic carbocycles. The van der Waals surface area contributed by atoms with Crippen molar-refractivity contribution >= 4 is 35.8 Å². The molecular formula is C17H31IN6O. The van der Waals surface area contributed by atoms with E-state index in [-0.39, 0.29) is 24.0 Å². The molecule has 1 aliphatic heterocycles. The minimum atomic E-state index is 0. The molecule has 2 N–H and O–H groups in total. The second-order valence-corrected chi connectivity index (χ2v) is 5.86. The van der Waals surface area contributed by atoms with E-state index in [4.69, 9.17) is 4.74 Å². The highest BCUT2D eigenvalue weighted by Crippen LogP contribution is 2.14. The van der Waals surface area contributed by atoms with Gasteiger partial charge in [-0.25, -0.2) is 4.98 Å². The lowest BCUT2D eigenvalue weighted by atomic mass is 10.2. The number of aliphatic imine (C=N–C) groups is 1. The highest BCUT2D eigenvalue weighted by Gasteiger charge is 2.15. The zero-order chi connectivity index (χ0) is 17.2. The zero-order valence-electron chi connectivity index (χ0n) is 15.5. The number of nitrogens with one attached hydrogen (secondary N) is 2. The Morgan fingerprint density at radius 2 is 2.04 bits per heavy atom. The van der Waals surface area contributed by atoms with Gasteiger partial charge in [0.2, 0.25) is 0 Å². The third-order valence-corrected chi connectivity index (χ3v) is 4.06. The molecule has 25 heavy (non-hydrogen) atoms. The monoisotopic (exact) mass is 462 g/mol. The molecule has 2 rings (SSSR count). The lowest BCUT2D eigenvalue weighted by molar-refractivity contribution is 0.152. The van der Waals surface area contributed by atoms with Gasteiger partial charge in [-0.05, 0) is 31.7 Å². The van der Waals surface area contributed by atoms with Gasteiger partial charge in [0.05, 0.1) is 6.61 Å². The zero-order valence-corrected chi connectivity index (χ0v) is 17.8. The molecule has 0 atom stereocenters. The summed E-state index contributed by atoms with van der Waals surface area (Å²) in [6, 6.07) is 4.20. The first-order valence-electron chi connectivity index (χ1n) is 8.63. The highest BCUT2D eigenvalue weighted by molar-refractivity contribution is 14.0. The number of piperazine rings is 1. The molecule has 8 heteroatoms. The lowest BCUT2D eigenvalue weighted by Gasteiger charge is -2.33. The average Bonchev–Trinajstić information content (AvgIpc) is 2.62. The van der Waals surface area contributed by atoms with Crippen LogP contribution in [0.2, 0.25) is 0 Å². The third-order valence-electron chi connectivity index (χ3n) is 4.06. The Morgan fingerprint density at radius 3 is 2.72 bits per heavy atom. The van der Waals surface area contributed by atoms with Crippen LogP contribution in [-0.4, -0.2) is 75.9 Å². The van der Waals surface area contributed by atoms with Crippen LogP contribution in [0.3, 0.4) is 0 Å². The summed E-state index contributed by atoms with van der Waals surface area (Å²) in [6.45, 7) is 9.10. The van der Waals surface area contributed by atoms with E-state index in [0.717, 1.165) is 57.7 Å². The number of pyridine rings is 1. The number of aromatic nitrogens is 1. The van der Waals surface area contributed by atoms with E-state index in [2.05, 4.69) is 43.5 Å². The Balaban J connectivity index is 0.00000312. The summed E-state index contributed by atoms with van der Waals surface area (Å²) in [4.78, 5) is 13.4. The fourth-order valence-electron chi connectivity index (χ4n) is 2.57. The largest absolute Gasteiger partial charge is 0.380 e. The van der Waals surface area contributed by atoms with Gasteiger partial charge in [0.1, 0.15) is 5.82 Å². The van der Waals surface area contributed by atoms with Gasteiger partial charge in [-0.3, -0.25) is 4.99 Å². The van der Waals surface area contributed by atoms with Crippen LogP contribution in [-0.2, 0) is 11.3 Å². The van der Waals surface area contributed by atoms with E-state index in [9.17, 15) is 0 Å². The van der Waals surface area contributed by atoms with Crippen molar-refractivity contribution in [2.45, 2.75) is 13.5 Å². The first-order chi connectivity index (χ1) is 11.7. The summed E-state index contributed by atoms with van der Waals surface area (Å²) in [5, 5.41) is 6.57. The maximum atomic E-state index is 5.32. The van der Waals surface area contributed by atoms with Crippen LogP contribution in [0, 0.1) is 0 Å². The molecule has 7 nitrogen and oxygen atoms in total. The van der Waals surface area contributed by atoms with Crippen molar-refractivity contribution in [3.63, 3.8) is 0 Å². The maximum absolute atomic E-state index is 5.32. The van der Waals surface area contributed by atoms with Crippen LogP contribution >= 0.6 is 24.0 Å². The Morgan fingerprint density at radius 1 is 1.28 bits per heavy atom. The molecule has 1 fully saturated rings. The number of likely N-dealkylation sites (N-methyl/N-ethyl adjacent to an activating group) is 1. The predicted octanol–water partition coefficient (Wildman–Crippen LogP) is 1.15. The Hall–Kier alpha value is -1.13. The van der Waals surface area contributed by atoms with Crippen LogP contribution in [0.5, 0.6) is 0 Å². The number of rotatable bonds is 7. The first kappa shape index (κ1) is 21.9. The summed E-state index contributed by atoms with van der Waals surface area (Å²) in [5.74, 6) is 1.84. The molecule has 0 bridgehead atoms. The van der Waals surface area contributed by atoms with Gasteiger partial charge in [0, 0.05) is 59.1 Å². The van der Waals surface area contributed by atoms with Gasteiger partial charge in [0.25, 0.3) is 0 Å². The topological polar surface area (TPSA) is 65.0 Å². The molecular weight excluding hydrogens is 431 g/mol. The van der Waals surface area contributed by atoms with Gasteiger partial charge in [-0.2, -0.15) is 0 Å².